The third-order valence-electron chi connectivity index (χ3n) is 0.760. The highest BCUT2D eigenvalue weighted by atomic mass is 17.2. The molecule has 0 spiro atoms. The molecular formula is C4H7NO2. The van der Waals surface area contributed by atoms with Gasteiger partial charge >= 0.3 is 0 Å². The summed E-state index contributed by atoms with van der Waals surface area (Å²) >= 11 is 0. The zero-order valence-electron chi connectivity index (χ0n) is 3.83. The van der Waals surface area contributed by atoms with Gasteiger partial charge in [-0.05, 0) is 6.08 Å². The van der Waals surface area contributed by atoms with Crippen molar-refractivity contribution in [2.75, 3.05) is 6.54 Å². The third kappa shape index (κ3) is 0.913. The van der Waals surface area contributed by atoms with E-state index < -0.39 is 0 Å². The Morgan fingerprint density at radius 1 is 1.71 bits per heavy atom. The molecule has 0 bridgehead atoms. The van der Waals surface area contributed by atoms with Gasteiger partial charge in [0.15, 0.2) is 0 Å². The summed E-state index contributed by atoms with van der Waals surface area (Å²) in [6.45, 7) is 0.483. The average Bonchev–Trinajstić information content (AvgIpc) is 2.14. The molecule has 2 N–H and O–H groups in total. The van der Waals surface area contributed by atoms with Crippen molar-refractivity contribution in [3.05, 3.63) is 12.3 Å². The van der Waals surface area contributed by atoms with Gasteiger partial charge in [0.05, 0.1) is 0 Å². The Morgan fingerprint density at radius 2 is 2.57 bits per heavy atom. The van der Waals surface area contributed by atoms with Crippen molar-refractivity contribution in [1.82, 2.24) is 0 Å². The summed E-state index contributed by atoms with van der Waals surface area (Å²) in [5.74, 6) is 0. The highest BCUT2D eigenvalue weighted by Crippen LogP contribution is 2.00. The SMILES string of the molecule is NCC1C=COO1. The summed E-state index contributed by atoms with van der Waals surface area (Å²) in [5, 5.41) is 0. The topological polar surface area (TPSA) is 44.5 Å². The molecule has 1 aliphatic heterocycles. The van der Waals surface area contributed by atoms with Crippen molar-refractivity contribution < 1.29 is 9.78 Å². The molecule has 7 heavy (non-hydrogen) atoms. The van der Waals surface area contributed by atoms with Crippen LogP contribution in [0.5, 0.6) is 0 Å². The van der Waals surface area contributed by atoms with E-state index in [2.05, 4.69) is 9.78 Å². The number of hydrogen-bond acceptors (Lipinski definition) is 3. The van der Waals surface area contributed by atoms with Crippen LogP contribution in [0.25, 0.3) is 0 Å². The minimum Gasteiger partial charge on any atom is -0.345 e. The van der Waals surface area contributed by atoms with E-state index in [0.29, 0.717) is 6.54 Å². The molecule has 1 aliphatic rings. The molecule has 0 radical (unpaired) electrons. The van der Waals surface area contributed by atoms with Gasteiger partial charge in [-0.15, -0.1) is 0 Å². The number of nitrogens with two attached hydrogens (primary N) is 1. The molecule has 3 nitrogen and oxygen atoms in total. The molecule has 1 atom stereocenters. The lowest BCUT2D eigenvalue weighted by molar-refractivity contribution is -0.249. The molecule has 0 aromatic carbocycles. The normalized spacial score (nSPS) is 27.9. The Bertz CT molecular complexity index is 81.8. The van der Waals surface area contributed by atoms with Crippen LogP contribution in [0.1, 0.15) is 0 Å². The van der Waals surface area contributed by atoms with Crippen LogP contribution in [-0.4, -0.2) is 12.6 Å². The molecule has 0 amide bonds. The quantitative estimate of drug-likeness (QED) is 0.465. The largest absolute Gasteiger partial charge is 0.345 e. The number of rotatable bonds is 1. The van der Waals surface area contributed by atoms with Crippen molar-refractivity contribution in [3.63, 3.8) is 0 Å². The maximum absolute atomic E-state index is 5.18. The summed E-state index contributed by atoms with van der Waals surface area (Å²) in [6.07, 6.45) is 3.22. The molecule has 0 aliphatic carbocycles. The molecule has 1 unspecified atom stereocenters. The Kier molecular flexibility index (Phi) is 1.29. The van der Waals surface area contributed by atoms with E-state index in [9.17, 15) is 0 Å². The van der Waals surface area contributed by atoms with Gasteiger partial charge in [-0.2, -0.15) is 4.89 Å². The van der Waals surface area contributed by atoms with E-state index in [1.54, 1.807) is 6.08 Å². The first-order chi connectivity index (χ1) is 3.43. The minimum absolute atomic E-state index is 0.0278. The lowest BCUT2D eigenvalue weighted by Crippen LogP contribution is -2.17. The van der Waals surface area contributed by atoms with Gasteiger partial charge in [0.2, 0.25) is 0 Å². The molecule has 0 aromatic rings. The molecular weight excluding hydrogens is 94.0 g/mol. The third-order valence-corrected chi connectivity index (χ3v) is 0.760. The van der Waals surface area contributed by atoms with Crippen LogP contribution in [0.2, 0.25) is 0 Å². The van der Waals surface area contributed by atoms with Gasteiger partial charge in [-0.25, -0.2) is 0 Å². The van der Waals surface area contributed by atoms with Crippen molar-refractivity contribution in [1.29, 1.82) is 0 Å². The van der Waals surface area contributed by atoms with Crippen LogP contribution in [0, 0.1) is 0 Å². The highest BCUT2D eigenvalue weighted by Gasteiger charge is 2.06. The fraction of sp³-hybridized carbons (Fsp3) is 0.500. The van der Waals surface area contributed by atoms with Crippen LogP contribution >= 0.6 is 0 Å². The lowest BCUT2D eigenvalue weighted by Gasteiger charge is -1.97. The first-order valence-corrected chi connectivity index (χ1v) is 2.12. The molecule has 3 heteroatoms. The molecule has 0 fully saturated rings. The first-order valence-electron chi connectivity index (χ1n) is 2.12. The number of hydrogen-bond donors (Lipinski definition) is 1. The predicted molar refractivity (Wildman–Crippen MR) is 24.2 cm³/mol. The van der Waals surface area contributed by atoms with Crippen LogP contribution in [0.4, 0.5) is 0 Å². The van der Waals surface area contributed by atoms with Crippen molar-refractivity contribution >= 4 is 0 Å². The molecule has 0 saturated carbocycles. The van der Waals surface area contributed by atoms with E-state index in [-0.39, 0.29) is 6.10 Å². The zero-order chi connectivity index (χ0) is 5.11. The van der Waals surface area contributed by atoms with E-state index in [4.69, 9.17) is 5.73 Å². The standard InChI is InChI=1S/C4H7NO2/c5-3-4-1-2-6-7-4/h1-2,4H,3,5H2. The highest BCUT2D eigenvalue weighted by molar-refractivity contribution is 4.86. The van der Waals surface area contributed by atoms with Crippen LogP contribution in [0.15, 0.2) is 12.3 Å². The first kappa shape index (κ1) is 4.61. The average molecular weight is 101 g/mol. The molecule has 1 heterocycles. The Balaban J connectivity index is 2.28. The maximum Gasteiger partial charge on any atom is 0.138 e. The second-order valence-electron chi connectivity index (χ2n) is 1.30. The van der Waals surface area contributed by atoms with Crippen LogP contribution < -0.4 is 5.73 Å². The summed E-state index contributed by atoms with van der Waals surface area (Å²) in [7, 11) is 0. The monoisotopic (exact) mass is 101 g/mol. The van der Waals surface area contributed by atoms with Gasteiger partial charge in [-0.3, -0.25) is 0 Å². The molecule has 1 rings (SSSR count). The van der Waals surface area contributed by atoms with Gasteiger partial charge < -0.3 is 10.6 Å². The van der Waals surface area contributed by atoms with Crippen LogP contribution in [-0.2, 0) is 9.78 Å². The Morgan fingerprint density at radius 3 is 2.86 bits per heavy atom. The van der Waals surface area contributed by atoms with Gasteiger partial charge in [0, 0.05) is 6.54 Å². The van der Waals surface area contributed by atoms with Crippen molar-refractivity contribution in [2.45, 2.75) is 6.10 Å². The van der Waals surface area contributed by atoms with Gasteiger partial charge in [0.25, 0.3) is 0 Å². The van der Waals surface area contributed by atoms with E-state index in [1.165, 1.54) is 6.26 Å². The predicted octanol–water partition coefficient (Wildman–Crippen LogP) is -0.211. The second kappa shape index (κ2) is 1.95. The van der Waals surface area contributed by atoms with E-state index >= 15 is 0 Å². The Hall–Kier alpha value is -0.540. The van der Waals surface area contributed by atoms with Crippen molar-refractivity contribution in [2.24, 2.45) is 5.73 Å². The fourth-order valence-corrected chi connectivity index (χ4v) is 0.373. The van der Waals surface area contributed by atoms with E-state index in [1.807, 2.05) is 0 Å². The summed E-state index contributed by atoms with van der Waals surface area (Å²) in [4.78, 5) is 8.95. The zero-order valence-corrected chi connectivity index (χ0v) is 3.83. The molecule has 0 aromatic heterocycles. The van der Waals surface area contributed by atoms with Gasteiger partial charge in [-0.1, -0.05) is 0 Å². The second-order valence-corrected chi connectivity index (χ2v) is 1.30. The smallest absolute Gasteiger partial charge is 0.138 e. The maximum atomic E-state index is 5.18. The fourth-order valence-electron chi connectivity index (χ4n) is 0.373. The summed E-state index contributed by atoms with van der Waals surface area (Å²) < 4.78 is 0. The lowest BCUT2D eigenvalue weighted by atomic mass is 10.4. The Labute approximate surface area is 41.6 Å². The van der Waals surface area contributed by atoms with E-state index in [0.717, 1.165) is 0 Å². The van der Waals surface area contributed by atoms with Crippen LogP contribution in [0.3, 0.4) is 0 Å². The van der Waals surface area contributed by atoms with Crippen molar-refractivity contribution in [3.8, 4) is 0 Å². The summed E-state index contributed by atoms with van der Waals surface area (Å²) in [6, 6.07) is 0. The molecule has 0 saturated heterocycles. The van der Waals surface area contributed by atoms with Gasteiger partial charge in [0.1, 0.15) is 12.4 Å². The summed E-state index contributed by atoms with van der Waals surface area (Å²) in [5.41, 5.74) is 5.18. The minimum atomic E-state index is -0.0278. The molecule has 40 valence electrons.